The molecule has 0 atom stereocenters. The van der Waals surface area contributed by atoms with E-state index in [4.69, 9.17) is 14.2 Å². The van der Waals surface area contributed by atoms with Crippen molar-refractivity contribution in [1.29, 1.82) is 0 Å². The molecule has 0 saturated heterocycles. The third-order valence-corrected chi connectivity index (χ3v) is 1.93. The molecule has 0 aliphatic carbocycles. The Kier molecular flexibility index (Phi) is 6.24. The van der Waals surface area contributed by atoms with Gasteiger partial charge in [-0.2, -0.15) is 0 Å². The standard InChI is InChI=1S/C12H16O5/c1-14-8-16-7-12(13)10-4-3-5-11(6-10)17-9-15-2/h3-6H,7-9H2,1-2H3. The second-order valence-electron chi connectivity index (χ2n) is 3.26. The molecule has 5 nitrogen and oxygen atoms in total. The molecule has 1 aromatic rings. The van der Waals surface area contributed by atoms with Gasteiger partial charge < -0.3 is 18.9 Å². The zero-order valence-corrected chi connectivity index (χ0v) is 9.97. The van der Waals surface area contributed by atoms with Gasteiger partial charge in [-0.15, -0.1) is 0 Å². The van der Waals surface area contributed by atoms with Crippen LogP contribution in [0.15, 0.2) is 24.3 Å². The summed E-state index contributed by atoms with van der Waals surface area (Å²) in [5.41, 5.74) is 0.537. The fourth-order valence-corrected chi connectivity index (χ4v) is 1.19. The summed E-state index contributed by atoms with van der Waals surface area (Å²) in [6, 6.07) is 6.86. The first-order valence-corrected chi connectivity index (χ1v) is 5.09. The zero-order valence-electron chi connectivity index (χ0n) is 9.97. The van der Waals surface area contributed by atoms with Gasteiger partial charge in [0, 0.05) is 19.8 Å². The fourth-order valence-electron chi connectivity index (χ4n) is 1.19. The van der Waals surface area contributed by atoms with E-state index < -0.39 is 0 Å². The van der Waals surface area contributed by atoms with Gasteiger partial charge in [0.1, 0.15) is 19.1 Å². The lowest BCUT2D eigenvalue weighted by Gasteiger charge is -2.06. The molecule has 17 heavy (non-hydrogen) atoms. The number of benzene rings is 1. The number of rotatable bonds is 8. The van der Waals surface area contributed by atoms with Crippen molar-refractivity contribution in [2.45, 2.75) is 0 Å². The summed E-state index contributed by atoms with van der Waals surface area (Å²) in [4.78, 5) is 11.7. The van der Waals surface area contributed by atoms with Gasteiger partial charge in [-0.1, -0.05) is 12.1 Å². The molecule has 0 spiro atoms. The van der Waals surface area contributed by atoms with Crippen LogP contribution in [0.5, 0.6) is 5.75 Å². The van der Waals surface area contributed by atoms with E-state index in [1.807, 2.05) is 0 Å². The molecular formula is C12H16O5. The van der Waals surface area contributed by atoms with Crippen LogP contribution in [0.25, 0.3) is 0 Å². The first-order valence-electron chi connectivity index (χ1n) is 5.09. The van der Waals surface area contributed by atoms with Crippen LogP contribution in [0.3, 0.4) is 0 Å². The van der Waals surface area contributed by atoms with Crippen molar-refractivity contribution in [3.05, 3.63) is 29.8 Å². The van der Waals surface area contributed by atoms with E-state index in [9.17, 15) is 4.79 Å². The van der Waals surface area contributed by atoms with E-state index in [0.717, 1.165) is 0 Å². The minimum absolute atomic E-state index is 0.0123. The van der Waals surface area contributed by atoms with Crippen LogP contribution in [0.1, 0.15) is 10.4 Å². The van der Waals surface area contributed by atoms with Crippen LogP contribution >= 0.6 is 0 Å². The Hall–Kier alpha value is -1.43. The quantitative estimate of drug-likeness (QED) is 0.391. The van der Waals surface area contributed by atoms with Gasteiger partial charge in [0.05, 0.1) is 0 Å². The second kappa shape index (κ2) is 7.78. The predicted octanol–water partition coefficient (Wildman–Crippen LogP) is 1.47. The van der Waals surface area contributed by atoms with E-state index in [1.165, 1.54) is 14.2 Å². The molecule has 1 aromatic carbocycles. The Bertz CT molecular complexity index is 351. The van der Waals surface area contributed by atoms with Gasteiger partial charge >= 0.3 is 0 Å². The summed E-state index contributed by atoms with van der Waals surface area (Å²) in [7, 11) is 3.04. The molecule has 0 fully saturated rings. The Balaban J connectivity index is 2.54. The molecule has 0 aromatic heterocycles. The van der Waals surface area contributed by atoms with Crippen molar-refractivity contribution in [3.8, 4) is 5.75 Å². The lowest BCUT2D eigenvalue weighted by atomic mass is 10.1. The minimum atomic E-state index is -0.120. The molecule has 1 rings (SSSR count). The Labute approximate surface area is 100 Å². The molecule has 0 heterocycles. The van der Waals surface area contributed by atoms with Crippen LogP contribution < -0.4 is 4.74 Å². The predicted molar refractivity (Wildman–Crippen MR) is 61.1 cm³/mol. The lowest BCUT2D eigenvalue weighted by Crippen LogP contribution is -2.10. The van der Waals surface area contributed by atoms with Crippen LogP contribution in [0, 0.1) is 0 Å². The summed E-state index contributed by atoms with van der Waals surface area (Å²) in [6.07, 6.45) is 0. The van der Waals surface area contributed by atoms with Crippen LogP contribution in [-0.2, 0) is 14.2 Å². The summed E-state index contributed by atoms with van der Waals surface area (Å²) < 4.78 is 19.7. The molecule has 0 N–H and O–H groups in total. The van der Waals surface area contributed by atoms with Crippen molar-refractivity contribution in [3.63, 3.8) is 0 Å². The molecule has 0 saturated carbocycles. The Morgan fingerprint density at radius 2 is 1.94 bits per heavy atom. The number of carbonyl (C=O) groups excluding carboxylic acids is 1. The van der Waals surface area contributed by atoms with E-state index in [-0.39, 0.29) is 26.0 Å². The topological polar surface area (TPSA) is 54.0 Å². The highest BCUT2D eigenvalue weighted by Crippen LogP contribution is 2.13. The highest BCUT2D eigenvalue weighted by Gasteiger charge is 2.07. The molecule has 0 amide bonds. The number of ether oxygens (including phenoxy) is 4. The van der Waals surface area contributed by atoms with Crippen molar-refractivity contribution < 1.29 is 23.7 Å². The number of ketones is 1. The summed E-state index contributed by atoms with van der Waals surface area (Å²) in [6.45, 7) is 0.241. The first kappa shape index (κ1) is 13.6. The second-order valence-corrected chi connectivity index (χ2v) is 3.26. The van der Waals surface area contributed by atoms with E-state index in [2.05, 4.69) is 4.74 Å². The minimum Gasteiger partial charge on any atom is -0.468 e. The molecule has 0 radical (unpaired) electrons. The monoisotopic (exact) mass is 240 g/mol. The molecule has 0 unspecified atom stereocenters. The SMILES string of the molecule is COCOCC(=O)c1cccc(OCOC)c1. The fraction of sp³-hybridized carbons (Fsp3) is 0.417. The Morgan fingerprint density at radius 3 is 2.65 bits per heavy atom. The van der Waals surface area contributed by atoms with Crippen LogP contribution in [0.2, 0.25) is 0 Å². The smallest absolute Gasteiger partial charge is 0.188 e. The normalized spacial score (nSPS) is 10.2. The van der Waals surface area contributed by atoms with Gasteiger partial charge in [0.15, 0.2) is 12.6 Å². The maximum Gasteiger partial charge on any atom is 0.188 e. The van der Waals surface area contributed by atoms with Crippen molar-refractivity contribution in [2.24, 2.45) is 0 Å². The van der Waals surface area contributed by atoms with Gasteiger partial charge in [-0.3, -0.25) is 4.79 Å². The molecule has 0 aliphatic heterocycles. The number of carbonyl (C=O) groups is 1. The van der Waals surface area contributed by atoms with Crippen LogP contribution in [-0.4, -0.2) is 40.2 Å². The highest BCUT2D eigenvalue weighted by molar-refractivity contribution is 5.97. The number of methoxy groups -OCH3 is 2. The number of hydrogen-bond donors (Lipinski definition) is 0. The van der Waals surface area contributed by atoms with Gasteiger partial charge in [0.25, 0.3) is 0 Å². The third kappa shape index (κ3) is 4.95. The third-order valence-electron chi connectivity index (χ3n) is 1.93. The Morgan fingerprint density at radius 1 is 1.18 bits per heavy atom. The van der Waals surface area contributed by atoms with E-state index in [1.54, 1.807) is 24.3 Å². The number of Topliss-reactive ketones (excluding diaryl/α,β-unsaturated/α-hetero) is 1. The van der Waals surface area contributed by atoms with Gasteiger partial charge in [-0.05, 0) is 12.1 Å². The van der Waals surface area contributed by atoms with Crippen molar-refractivity contribution in [1.82, 2.24) is 0 Å². The van der Waals surface area contributed by atoms with Crippen molar-refractivity contribution >= 4 is 5.78 Å². The van der Waals surface area contributed by atoms with Gasteiger partial charge in [0.2, 0.25) is 0 Å². The van der Waals surface area contributed by atoms with Gasteiger partial charge in [-0.25, -0.2) is 0 Å². The summed E-state index contributed by atoms with van der Waals surface area (Å²) in [5.74, 6) is 0.467. The molecule has 0 aliphatic rings. The first-order chi connectivity index (χ1) is 8.27. The van der Waals surface area contributed by atoms with Crippen molar-refractivity contribution in [2.75, 3.05) is 34.4 Å². The molecular weight excluding hydrogens is 224 g/mol. The highest BCUT2D eigenvalue weighted by atomic mass is 16.7. The lowest BCUT2D eigenvalue weighted by molar-refractivity contribution is -0.0237. The average Bonchev–Trinajstić information content (AvgIpc) is 2.37. The number of hydrogen-bond acceptors (Lipinski definition) is 5. The molecule has 0 bridgehead atoms. The van der Waals surface area contributed by atoms with E-state index >= 15 is 0 Å². The summed E-state index contributed by atoms with van der Waals surface area (Å²) >= 11 is 0. The maximum atomic E-state index is 11.7. The summed E-state index contributed by atoms with van der Waals surface area (Å²) in [5, 5.41) is 0. The largest absolute Gasteiger partial charge is 0.468 e. The molecule has 94 valence electrons. The maximum absolute atomic E-state index is 11.7. The molecule has 5 heteroatoms. The van der Waals surface area contributed by atoms with E-state index in [0.29, 0.717) is 11.3 Å². The zero-order chi connectivity index (χ0) is 12.5. The average molecular weight is 240 g/mol. The van der Waals surface area contributed by atoms with Crippen LogP contribution in [0.4, 0.5) is 0 Å².